The van der Waals surface area contributed by atoms with Gasteiger partial charge in [0.25, 0.3) is 0 Å². The normalized spacial score (nSPS) is 12.6. The van der Waals surface area contributed by atoms with Crippen LogP contribution in [0.2, 0.25) is 0 Å². The number of methoxy groups -OCH3 is 5. The molecule has 0 aliphatic heterocycles. The first kappa shape index (κ1) is 25.3. The summed E-state index contributed by atoms with van der Waals surface area (Å²) in [5.41, 5.74) is -1.67. The number of hydrogen-bond donors (Lipinski definition) is 0. The van der Waals surface area contributed by atoms with Crippen molar-refractivity contribution in [3.05, 3.63) is 41.5 Å². The smallest absolute Gasteiger partial charge is 0.236 e. The van der Waals surface area contributed by atoms with Crippen LogP contribution in [-0.4, -0.2) is 52.8 Å². The highest BCUT2D eigenvalue weighted by atomic mass is 31.2. The van der Waals surface area contributed by atoms with Crippen LogP contribution >= 0.6 is 7.14 Å². The van der Waals surface area contributed by atoms with Crippen LogP contribution < -0.4 is 23.7 Å². The van der Waals surface area contributed by atoms with Crippen LogP contribution in [-0.2, 0) is 4.57 Å². The van der Waals surface area contributed by atoms with Crippen LogP contribution in [0.1, 0.15) is 34.6 Å². The molecule has 0 spiro atoms. The molecular formula is C23H29O8P. The van der Waals surface area contributed by atoms with E-state index in [-0.39, 0.29) is 40.5 Å². The van der Waals surface area contributed by atoms with Crippen molar-refractivity contribution in [2.75, 3.05) is 41.7 Å². The molecule has 0 heterocycles. The van der Waals surface area contributed by atoms with Crippen molar-refractivity contribution in [2.24, 2.45) is 5.92 Å². The van der Waals surface area contributed by atoms with Gasteiger partial charge in [0, 0.05) is 24.4 Å². The molecular weight excluding hydrogens is 435 g/mol. The molecule has 2 aromatic rings. The van der Waals surface area contributed by atoms with Gasteiger partial charge in [-0.2, -0.15) is 0 Å². The van der Waals surface area contributed by atoms with Crippen LogP contribution in [0.3, 0.4) is 0 Å². The standard InChI is InChI=1S/C23H29O8P/c1-14(2)13-32(26,22(24)17-9-8-15(27-3)10-18(17)29-5)23(25)21-19(30-6)11-16(28-4)12-20(21)31-7/h8-12,14H,13H2,1-7H3. The van der Waals surface area contributed by atoms with Crippen LogP contribution in [0.15, 0.2) is 30.3 Å². The van der Waals surface area contributed by atoms with Crippen LogP contribution in [0.25, 0.3) is 0 Å². The van der Waals surface area contributed by atoms with E-state index < -0.39 is 18.2 Å². The van der Waals surface area contributed by atoms with E-state index in [1.54, 1.807) is 19.9 Å². The van der Waals surface area contributed by atoms with Crippen molar-refractivity contribution in [1.29, 1.82) is 0 Å². The Morgan fingerprint density at radius 2 is 1.25 bits per heavy atom. The van der Waals surface area contributed by atoms with E-state index in [1.807, 2.05) is 0 Å². The summed E-state index contributed by atoms with van der Waals surface area (Å²) in [5, 5.41) is 0. The van der Waals surface area contributed by atoms with Gasteiger partial charge >= 0.3 is 0 Å². The van der Waals surface area contributed by atoms with Crippen molar-refractivity contribution in [3.63, 3.8) is 0 Å². The van der Waals surface area contributed by atoms with Crippen LogP contribution in [0.5, 0.6) is 28.7 Å². The second-order valence-electron chi connectivity index (χ2n) is 7.40. The Hall–Kier alpha value is -2.99. The maximum atomic E-state index is 14.2. The highest BCUT2D eigenvalue weighted by Gasteiger charge is 2.44. The Kier molecular flexibility index (Phi) is 8.33. The third-order valence-electron chi connectivity index (χ3n) is 4.85. The van der Waals surface area contributed by atoms with Gasteiger partial charge < -0.3 is 28.2 Å². The zero-order chi connectivity index (χ0) is 24.1. The largest absolute Gasteiger partial charge is 0.497 e. The molecule has 0 aliphatic rings. The molecule has 1 unspecified atom stereocenters. The Labute approximate surface area is 188 Å². The molecule has 0 fully saturated rings. The Bertz CT molecular complexity index is 1020. The van der Waals surface area contributed by atoms with Gasteiger partial charge in [0.1, 0.15) is 34.3 Å². The second kappa shape index (κ2) is 10.6. The van der Waals surface area contributed by atoms with Gasteiger partial charge in [-0.1, -0.05) is 13.8 Å². The first-order valence-corrected chi connectivity index (χ1v) is 11.8. The minimum absolute atomic E-state index is 0.0390. The zero-order valence-corrected chi connectivity index (χ0v) is 20.3. The van der Waals surface area contributed by atoms with Crippen molar-refractivity contribution in [3.8, 4) is 28.7 Å². The monoisotopic (exact) mass is 464 g/mol. The Balaban J connectivity index is 2.73. The summed E-state index contributed by atoms with van der Waals surface area (Å²) in [6.07, 6.45) is -0.127. The molecule has 0 aliphatic carbocycles. The fraction of sp³-hybridized carbons (Fsp3) is 0.391. The molecule has 32 heavy (non-hydrogen) atoms. The molecule has 0 N–H and O–H groups in total. The third kappa shape index (κ3) is 4.91. The zero-order valence-electron chi connectivity index (χ0n) is 19.4. The minimum Gasteiger partial charge on any atom is -0.497 e. The fourth-order valence-electron chi connectivity index (χ4n) is 3.34. The average Bonchev–Trinajstić information content (AvgIpc) is 2.80. The van der Waals surface area contributed by atoms with Gasteiger partial charge in [0.2, 0.25) is 18.2 Å². The van der Waals surface area contributed by atoms with Crippen LogP contribution in [0, 0.1) is 5.92 Å². The van der Waals surface area contributed by atoms with Crippen molar-refractivity contribution >= 4 is 18.2 Å². The summed E-state index contributed by atoms with van der Waals surface area (Å²) >= 11 is 0. The lowest BCUT2D eigenvalue weighted by molar-refractivity contribution is 0.103. The van der Waals surface area contributed by atoms with E-state index in [1.165, 1.54) is 59.8 Å². The number of rotatable bonds is 11. The van der Waals surface area contributed by atoms with E-state index in [0.29, 0.717) is 11.5 Å². The minimum atomic E-state index is -4.17. The fourth-order valence-corrected chi connectivity index (χ4v) is 6.04. The summed E-state index contributed by atoms with van der Waals surface area (Å²) in [6, 6.07) is 7.46. The third-order valence-corrected chi connectivity index (χ3v) is 7.87. The molecule has 0 saturated carbocycles. The van der Waals surface area contributed by atoms with Gasteiger partial charge in [0.05, 0.1) is 41.1 Å². The molecule has 1 atom stereocenters. The summed E-state index contributed by atoms with van der Waals surface area (Å²) in [4.78, 5) is 27.4. The number of benzene rings is 2. The topological polar surface area (TPSA) is 97.4 Å². The van der Waals surface area contributed by atoms with Crippen molar-refractivity contribution < 1.29 is 37.8 Å². The summed E-state index contributed by atoms with van der Waals surface area (Å²) in [7, 11) is 2.89. The highest BCUT2D eigenvalue weighted by molar-refractivity contribution is 7.95. The molecule has 174 valence electrons. The molecule has 8 nitrogen and oxygen atoms in total. The van der Waals surface area contributed by atoms with E-state index in [2.05, 4.69) is 0 Å². The molecule has 2 aromatic carbocycles. The van der Waals surface area contributed by atoms with Gasteiger partial charge in [-0.05, 0) is 18.1 Å². The molecule has 2 rings (SSSR count). The predicted molar refractivity (Wildman–Crippen MR) is 122 cm³/mol. The average molecular weight is 464 g/mol. The van der Waals surface area contributed by atoms with E-state index in [0.717, 1.165) is 0 Å². The SMILES string of the molecule is COc1ccc(C(=O)P(=O)(CC(C)C)C(=O)c2c(OC)cc(OC)cc2OC)c(OC)c1. The maximum Gasteiger partial charge on any atom is 0.236 e. The van der Waals surface area contributed by atoms with Gasteiger partial charge in [-0.15, -0.1) is 0 Å². The number of carbonyl (C=O) groups excluding carboxylic acids is 2. The second-order valence-corrected chi connectivity index (χ2v) is 10.1. The van der Waals surface area contributed by atoms with Crippen molar-refractivity contribution in [2.45, 2.75) is 13.8 Å². The van der Waals surface area contributed by atoms with Gasteiger partial charge in [-0.25, -0.2) is 0 Å². The molecule has 0 radical (unpaired) electrons. The van der Waals surface area contributed by atoms with Crippen LogP contribution in [0.4, 0.5) is 0 Å². The Morgan fingerprint density at radius 1 is 0.750 bits per heavy atom. The lowest BCUT2D eigenvalue weighted by Crippen LogP contribution is -2.18. The van der Waals surface area contributed by atoms with Crippen molar-refractivity contribution in [1.82, 2.24) is 0 Å². The maximum absolute atomic E-state index is 14.2. The summed E-state index contributed by atoms with van der Waals surface area (Å²) in [6.45, 7) is 3.59. The molecule has 9 heteroatoms. The van der Waals surface area contributed by atoms with E-state index >= 15 is 0 Å². The predicted octanol–water partition coefficient (Wildman–Crippen LogP) is 4.73. The summed E-state index contributed by atoms with van der Waals surface area (Å²) in [5.74, 6) is 1.02. The quantitative estimate of drug-likeness (QED) is 0.441. The summed E-state index contributed by atoms with van der Waals surface area (Å²) < 4.78 is 40.6. The lowest BCUT2D eigenvalue weighted by Gasteiger charge is -2.22. The number of carbonyl (C=O) groups is 2. The molecule has 0 saturated heterocycles. The highest BCUT2D eigenvalue weighted by Crippen LogP contribution is 2.57. The lowest BCUT2D eigenvalue weighted by atomic mass is 10.2. The van der Waals surface area contributed by atoms with Gasteiger partial charge in [-0.3, -0.25) is 9.59 Å². The first-order chi connectivity index (χ1) is 15.2. The van der Waals surface area contributed by atoms with E-state index in [9.17, 15) is 14.2 Å². The van der Waals surface area contributed by atoms with E-state index in [4.69, 9.17) is 23.7 Å². The van der Waals surface area contributed by atoms with Gasteiger partial charge in [0.15, 0.2) is 0 Å². The molecule has 0 amide bonds. The number of hydrogen-bond acceptors (Lipinski definition) is 8. The first-order valence-electron chi connectivity index (χ1n) is 9.87. The Morgan fingerprint density at radius 3 is 1.69 bits per heavy atom. The number of ether oxygens (including phenoxy) is 5. The molecule has 0 bridgehead atoms. The molecule has 0 aromatic heterocycles.